The summed E-state index contributed by atoms with van der Waals surface area (Å²) in [6.07, 6.45) is 4.77. The number of thiol groups is 1. The molecule has 0 radical (unpaired) electrons. The van der Waals surface area contributed by atoms with E-state index in [4.69, 9.17) is 5.73 Å². The van der Waals surface area contributed by atoms with E-state index < -0.39 is 11.1 Å². The van der Waals surface area contributed by atoms with E-state index in [1.165, 1.54) is 0 Å². The molecule has 0 aliphatic rings. The van der Waals surface area contributed by atoms with Gasteiger partial charge in [-0.05, 0) is 27.2 Å². The fourth-order valence-electron chi connectivity index (χ4n) is 1.45. The number of allylic oxidation sites excluding steroid dienone is 1. The van der Waals surface area contributed by atoms with Gasteiger partial charge < -0.3 is 11.1 Å². The molecule has 0 aliphatic heterocycles. The quantitative estimate of drug-likeness (QED) is 0.485. The molecule has 0 spiro atoms. The van der Waals surface area contributed by atoms with E-state index in [1.54, 1.807) is 20.8 Å². The maximum Gasteiger partial charge on any atom is 0.222 e. The van der Waals surface area contributed by atoms with Crippen molar-refractivity contribution in [1.29, 1.82) is 0 Å². The molecule has 5 heteroatoms. The molecule has 104 valence electrons. The summed E-state index contributed by atoms with van der Waals surface area (Å²) < 4.78 is 0. The molecule has 0 heterocycles. The van der Waals surface area contributed by atoms with Crippen molar-refractivity contribution >= 4 is 24.3 Å². The van der Waals surface area contributed by atoms with Crippen LogP contribution in [0.4, 0.5) is 0 Å². The molecule has 0 aromatic rings. The number of carbonyl (C=O) groups excluding carboxylic acids is 2. The first-order valence-corrected chi connectivity index (χ1v) is 6.69. The van der Waals surface area contributed by atoms with Gasteiger partial charge in [-0.3, -0.25) is 9.59 Å². The second kappa shape index (κ2) is 6.95. The summed E-state index contributed by atoms with van der Waals surface area (Å²) in [6.45, 7) is 7.12. The van der Waals surface area contributed by atoms with E-state index in [9.17, 15) is 9.59 Å². The summed E-state index contributed by atoms with van der Waals surface area (Å²) >= 11 is 3.93. The van der Waals surface area contributed by atoms with Crippen molar-refractivity contribution in [2.24, 2.45) is 5.73 Å². The van der Waals surface area contributed by atoms with Gasteiger partial charge in [0.25, 0.3) is 0 Å². The molecule has 1 atom stereocenters. The molecule has 0 saturated heterocycles. The number of hydrogen-bond acceptors (Lipinski definition) is 4. The molecule has 18 heavy (non-hydrogen) atoms. The lowest BCUT2D eigenvalue weighted by molar-refractivity contribution is -0.130. The van der Waals surface area contributed by atoms with Crippen molar-refractivity contribution in [1.82, 2.24) is 5.32 Å². The molecule has 0 saturated carbocycles. The van der Waals surface area contributed by atoms with Crippen LogP contribution in [0.1, 0.15) is 40.5 Å². The zero-order valence-corrected chi connectivity index (χ0v) is 12.5. The second-order valence-electron chi connectivity index (χ2n) is 5.25. The van der Waals surface area contributed by atoms with E-state index in [0.29, 0.717) is 0 Å². The minimum Gasteiger partial charge on any atom is -0.344 e. The van der Waals surface area contributed by atoms with Crippen molar-refractivity contribution in [2.75, 3.05) is 5.75 Å². The van der Waals surface area contributed by atoms with E-state index in [1.807, 2.05) is 19.1 Å². The third kappa shape index (κ3) is 6.21. The van der Waals surface area contributed by atoms with Crippen LogP contribution in [0.2, 0.25) is 0 Å². The van der Waals surface area contributed by atoms with Gasteiger partial charge in [0.15, 0.2) is 5.78 Å². The summed E-state index contributed by atoms with van der Waals surface area (Å²) in [5, 5.41) is 2.69. The zero-order chi connectivity index (χ0) is 14.4. The number of nitrogens with two attached hydrogens (primary N) is 1. The number of carbonyl (C=O) groups is 2. The molecule has 0 aromatic heterocycles. The molecular formula is C13H24N2O2S. The fourth-order valence-corrected chi connectivity index (χ4v) is 1.85. The van der Waals surface area contributed by atoms with E-state index in [2.05, 4.69) is 17.9 Å². The number of nitrogens with one attached hydrogen (secondary N) is 1. The number of Topliss-reactive ketones (excluding diaryl/α,β-unsaturated/α-hetero) is 1. The highest BCUT2D eigenvalue weighted by molar-refractivity contribution is 7.81. The normalized spacial score (nSPS) is 15.4. The third-order valence-corrected chi connectivity index (χ3v) is 2.86. The number of ketones is 1. The maximum atomic E-state index is 11.9. The number of rotatable bonds is 7. The highest BCUT2D eigenvalue weighted by atomic mass is 32.1. The highest BCUT2D eigenvalue weighted by Gasteiger charge is 2.29. The Balaban J connectivity index is 4.52. The molecule has 0 bridgehead atoms. The largest absolute Gasteiger partial charge is 0.344 e. The smallest absolute Gasteiger partial charge is 0.222 e. The SMILES string of the molecule is CC/C=C/C(C)(N)CC(=O)NC(C)(C)C(=O)CS. The predicted molar refractivity (Wildman–Crippen MR) is 77.7 cm³/mol. The summed E-state index contributed by atoms with van der Waals surface area (Å²) in [5.41, 5.74) is 4.39. The van der Waals surface area contributed by atoms with Crippen molar-refractivity contribution in [3.63, 3.8) is 0 Å². The van der Waals surface area contributed by atoms with Crippen molar-refractivity contribution in [2.45, 2.75) is 51.6 Å². The van der Waals surface area contributed by atoms with Gasteiger partial charge >= 0.3 is 0 Å². The Labute approximate surface area is 115 Å². The molecule has 4 nitrogen and oxygen atoms in total. The summed E-state index contributed by atoms with van der Waals surface area (Å²) in [5.74, 6) is -0.258. The Hall–Kier alpha value is -0.810. The first kappa shape index (κ1) is 17.2. The summed E-state index contributed by atoms with van der Waals surface area (Å²) in [6, 6.07) is 0. The van der Waals surface area contributed by atoms with Crippen molar-refractivity contribution in [3.8, 4) is 0 Å². The number of hydrogen-bond donors (Lipinski definition) is 3. The Morgan fingerprint density at radius 3 is 2.33 bits per heavy atom. The van der Waals surface area contributed by atoms with Crippen LogP contribution in [0.5, 0.6) is 0 Å². The lowest BCUT2D eigenvalue weighted by Gasteiger charge is -2.27. The van der Waals surface area contributed by atoms with Crippen LogP contribution < -0.4 is 11.1 Å². The first-order chi connectivity index (χ1) is 8.14. The lowest BCUT2D eigenvalue weighted by atomic mass is 9.95. The minimum absolute atomic E-state index is 0.100. The minimum atomic E-state index is -0.899. The van der Waals surface area contributed by atoms with Crippen LogP contribution >= 0.6 is 12.6 Å². The van der Waals surface area contributed by atoms with E-state index >= 15 is 0 Å². The summed E-state index contributed by atoms with van der Waals surface area (Å²) in [4.78, 5) is 23.4. The van der Waals surface area contributed by atoms with Crippen molar-refractivity contribution < 1.29 is 9.59 Å². The first-order valence-electron chi connectivity index (χ1n) is 6.06. The van der Waals surface area contributed by atoms with Gasteiger partial charge in [-0.15, -0.1) is 0 Å². The predicted octanol–water partition coefficient (Wildman–Crippen LogP) is 1.45. The van der Waals surface area contributed by atoms with Gasteiger partial charge in [-0.1, -0.05) is 19.1 Å². The van der Waals surface area contributed by atoms with Gasteiger partial charge in [-0.2, -0.15) is 12.6 Å². The van der Waals surface area contributed by atoms with Gasteiger partial charge in [0.2, 0.25) is 5.91 Å². The average molecular weight is 272 g/mol. The van der Waals surface area contributed by atoms with E-state index in [-0.39, 0.29) is 23.9 Å². The zero-order valence-electron chi connectivity index (χ0n) is 11.6. The standard InChI is InChI=1S/C13H24N2O2S/c1-5-6-7-13(4,14)8-11(17)15-12(2,3)10(16)9-18/h6-7,18H,5,8-9,14H2,1-4H3,(H,15,17)/b7-6+. The molecule has 0 rings (SSSR count). The molecule has 0 aliphatic carbocycles. The van der Waals surface area contributed by atoms with Crippen LogP contribution in [-0.2, 0) is 9.59 Å². The van der Waals surface area contributed by atoms with Gasteiger partial charge in [-0.25, -0.2) is 0 Å². The number of amides is 1. The Bertz CT molecular complexity index is 336. The van der Waals surface area contributed by atoms with Gasteiger partial charge in [0.1, 0.15) is 0 Å². The fraction of sp³-hybridized carbons (Fsp3) is 0.692. The molecular weight excluding hydrogens is 248 g/mol. The molecule has 0 aromatic carbocycles. The van der Waals surface area contributed by atoms with E-state index in [0.717, 1.165) is 6.42 Å². The maximum absolute atomic E-state index is 11.9. The molecule has 3 N–H and O–H groups in total. The van der Waals surface area contributed by atoms with Gasteiger partial charge in [0.05, 0.1) is 11.3 Å². The average Bonchev–Trinajstić information content (AvgIpc) is 2.23. The Kier molecular flexibility index (Phi) is 6.63. The molecule has 1 amide bonds. The molecule has 1 unspecified atom stereocenters. The topological polar surface area (TPSA) is 72.2 Å². The molecule has 0 fully saturated rings. The van der Waals surface area contributed by atoms with Crippen LogP contribution in [0.25, 0.3) is 0 Å². The highest BCUT2D eigenvalue weighted by Crippen LogP contribution is 2.11. The Morgan fingerprint density at radius 2 is 1.89 bits per heavy atom. The van der Waals surface area contributed by atoms with Crippen LogP contribution in [0.15, 0.2) is 12.2 Å². The van der Waals surface area contributed by atoms with Crippen LogP contribution in [-0.4, -0.2) is 28.5 Å². The summed E-state index contributed by atoms with van der Waals surface area (Å²) in [7, 11) is 0. The third-order valence-electron chi connectivity index (χ3n) is 2.57. The Morgan fingerprint density at radius 1 is 1.33 bits per heavy atom. The van der Waals surface area contributed by atoms with Crippen LogP contribution in [0, 0.1) is 0 Å². The van der Waals surface area contributed by atoms with Crippen molar-refractivity contribution in [3.05, 3.63) is 12.2 Å². The second-order valence-corrected chi connectivity index (χ2v) is 5.56. The van der Waals surface area contributed by atoms with Gasteiger partial charge in [0, 0.05) is 12.0 Å². The van der Waals surface area contributed by atoms with Crippen LogP contribution in [0.3, 0.4) is 0 Å². The monoisotopic (exact) mass is 272 g/mol. The lowest BCUT2D eigenvalue weighted by Crippen LogP contribution is -2.52.